The van der Waals surface area contributed by atoms with Crippen molar-refractivity contribution in [3.8, 4) is 6.07 Å². The Morgan fingerprint density at radius 1 is 1.40 bits per heavy atom. The van der Waals surface area contributed by atoms with Crippen LogP contribution < -0.4 is 0 Å². The largest absolute Gasteiger partial charge is 0.361 e. The summed E-state index contributed by atoms with van der Waals surface area (Å²) in [4.78, 5) is 12.2. The number of benzene rings is 1. The van der Waals surface area contributed by atoms with Gasteiger partial charge in [-0.3, -0.25) is 4.79 Å². The number of ketones is 1. The van der Waals surface area contributed by atoms with Crippen LogP contribution in [0.1, 0.15) is 31.4 Å². The van der Waals surface area contributed by atoms with Crippen molar-refractivity contribution in [1.29, 1.82) is 5.26 Å². The monoisotopic (exact) mass is 271 g/mol. The van der Waals surface area contributed by atoms with E-state index in [1.807, 2.05) is 19.9 Å². The molecule has 2 aliphatic rings. The molecule has 1 heterocycles. The molecule has 3 rings (SSSR count). The second kappa shape index (κ2) is 4.00. The lowest BCUT2D eigenvalue weighted by Crippen LogP contribution is -2.40. The molecule has 1 unspecified atom stereocenters. The van der Waals surface area contributed by atoms with Crippen molar-refractivity contribution < 1.29 is 13.9 Å². The summed E-state index contributed by atoms with van der Waals surface area (Å²) in [5, 5.41) is 9.17. The van der Waals surface area contributed by atoms with Crippen LogP contribution in [-0.2, 0) is 21.7 Å². The zero-order valence-electron chi connectivity index (χ0n) is 11.4. The molecule has 1 aliphatic heterocycles. The molecular weight excluding hydrogens is 257 g/mol. The van der Waals surface area contributed by atoms with Crippen LogP contribution >= 0.6 is 0 Å². The number of allylic oxidation sites excluding steroid dienone is 1. The molecule has 4 heteroatoms. The molecule has 1 aromatic carbocycles. The zero-order chi connectivity index (χ0) is 14.5. The fraction of sp³-hybridized carbons (Fsp3) is 0.375. The van der Waals surface area contributed by atoms with Crippen LogP contribution in [0.5, 0.6) is 0 Å². The fourth-order valence-corrected chi connectivity index (χ4v) is 3.18. The Bertz CT molecular complexity index is 684. The molecule has 20 heavy (non-hydrogen) atoms. The number of halogens is 1. The molecule has 0 amide bonds. The van der Waals surface area contributed by atoms with Gasteiger partial charge < -0.3 is 4.74 Å². The minimum absolute atomic E-state index is 0.124. The topological polar surface area (TPSA) is 50.1 Å². The maximum Gasteiger partial charge on any atom is 0.178 e. The highest BCUT2D eigenvalue weighted by atomic mass is 19.1. The van der Waals surface area contributed by atoms with E-state index in [-0.39, 0.29) is 17.2 Å². The van der Waals surface area contributed by atoms with E-state index in [0.29, 0.717) is 13.0 Å². The highest BCUT2D eigenvalue weighted by Crippen LogP contribution is 2.49. The third kappa shape index (κ3) is 1.70. The van der Waals surface area contributed by atoms with Crippen LogP contribution in [-0.4, -0.2) is 5.78 Å². The summed E-state index contributed by atoms with van der Waals surface area (Å²) in [6, 6.07) is 6.49. The van der Waals surface area contributed by atoms with E-state index in [2.05, 4.69) is 0 Å². The molecule has 0 saturated carbocycles. The van der Waals surface area contributed by atoms with Gasteiger partial charge in [0.05, 0.1) is 12.2 Å². The second-order valence-electron chi connectivity index (χ2n) is 6.04. The molecule has 0 saturated heterocycles. The third-order valence-corrected chi connectivity index (χ3v) is 4.07. The lowest BCUT2D eigenvalue weighted by molar-refractivity contribution is -0.129. The number of ether oxygens (including phenoxy) is 1. The van der Waals surface area contributed by atoms with Gasteiger partial charge >= 0.3 is 0 Å². The lowest BCUT2D eigenvalue weighted by atomic mass is 9.68. The molecule has 1 aliphatic carbocycles. The zero-order valence-corrected chi connectivity index (χ0v) is 11.4. The predicted molar refractivity (Wildman–Crippen MR) is 70.0 cm³/mol. The summed E-state index contributed by atoms with van der Waals surface area (Å²) in [7, 11) is 0. The van der Waals surface area contributed by atoms with E-state index >= 15 is 0 Å². The van der Waals surface area contributed by atoms with E-state index in [0.717, 1.165) is 11.1 Å². The van der Waals surface area contributed by atoms with Gasteiger partial charge in [0.1, 0.15) is 17.5 Å². The summed E-state index contributed by atoms with van der Waals surface area (Å²) >= 11 is 0. The summed E-state index contributed by atoms with van der Waals surface area (Å²) in [6.07, 6.45) is 2.06. The summed E-state index contributed by atoms with van der Waals surface area (Å²) < 4.78 is 19.2. The van der Waals surface area contributed by atoms with Crippen molar-refractivity contribution in [2.75, 3.05) is 0 Å². The molecule has 1 aromatic rings. The van der Waals surface area contributed by atoms with Crippen molar-refractivity contribution in [2.24, 2.45) is 5.41 Å². The van der Waals surface area contributed by atoms with Crippen molar-refractivity contribution >= 4 is 5.78 Å². The normalized spacial score (nSPS) is 27.1. The number of carbonyl (C=O) groups is 1. The standard InChI is InChI=1S/C16H14FNO2/c1-15(2)9-16(6-11(7-18)14(15)19)13-4-3-12(17)5-10(13)8-20-16/h3-6H,8-9H2,1-2H3. The van der Waals surface area contributed by atoms with Crippen LogP contribution in [0, 0.1) is 22.6 Å². The van der Waals surface area contributed by atoms with Gasteiger partial charge in [0.25, 0.3) is 0 Å². The van der Waals surface area contributed by atoms with Gasteiger partial charge in [-0.15, -0.1) is 0 Å². The first-order valence-electron chi connectivity index (χ1n) is 6.49. The Labute approximate surface area is 116 Å². The Kier molecular flexibility index (Phi) is 2.60. The number of hydrogen-bond donors (Lipinski definition) is 0. The highest BCUT2D eigenvalue weighted by Gasteiger charge is 2.49. The molecule has 3 nitrogen and oxygen atoms in total. The number of fused-ring (bicyclic) bond motifs is 2. The molecule has 1 spiro atoms. The van der Waals surface area contributed by atoms with Crippen LogP contribution in [0.2, 0.25) is 0 Å². The van der Waals surface area contributed by atoms with Crippen LogP contribution in [0.15, 0.2) is 29.8 Å². The SMILES string of the molecule is CC1(C)CC2(C=C(C#N)C1=O)OCc1cc(F)ccc12. The molecule has 0 bridgehead atoms. The lowest BCUT2D eigenvalue weighted by Gasteiger charge is -2.38. The number of hydrogen-bond acceptors (Lipinski definition) is 3. The average molecular weight is 271 g/mol. The minimum atomic E-state index is -0.786. The molecular formula is C16H14FNO2. The van der Waals surface area contributed by atoms with Gasteiger partial charge in [-0.1, -0.05) is 19.9 Å². The van der Waals surface area contributed by atoms with Crippen LogP contribution in [0.3, 0.4) is 0 Å². The number of rotatable bonds is 0. The summed E-state index contributed by atoms with van der Waals surface area (Å²) in [5.41, 5.74) is 0.302. The van der Waals surface area contributed by atoms with Crippen LogP contribution in [0.4, 0.5) is 4.39 Å². The summed E-state index contributed by atoms with van der Waals surface area (Å²) in [5.74, 6) is -0.468. The Morgan fingerprint density at radius 2 is 2.15 bits per heavy atom. The predicted octanol–water partition coefficient (Wildman–Crippen LogP) is 3.00. The molecule has 102 valence electrons. The first-order chi connectivity index (χ1) is 9.38. The summed E-state index contributed by atoms with van der Waals surface area (Å²) in [6.45, 7) is 3.92. The van der Waals surface area contributed by atoms with Crippen molar-refractivity contribution in [3.05, 3.63) is 46.8 Å². The first kappa shape index (κ1) is 13.0. The van der Waals surface area contributed by atoms with Gasteiger partial charge in [-0.2, -0.15) is 5.26 Å². The Balaban J connectivity index is 2.19. The van der Waals surface area contributed by atoms with Gasteiger partial charge in [-0.05, 0) is 35.8 Å². The van der Waals surface area contributed by atoms with Gasteiger partial charge in [0.15, 0.2) is 5.78 Å². The number of carbonyl (C=O) groups excluding carboxylic acids is 1. The van der Waals surface area contributed by atoms with E-state index in [1.54, 1.807) is 12.1 Å². The minimum Gasteiger partial charge on any atom is -0.361 e. The molecule has 0 radical (unpaired) electrons. The number of Topliss-reactive ketones (excluding diaryl/α,β-unsaturated/α-hetero) is 1. The number of nitriles is 1. The maximum absolute atomic E-state index is 13.3. The third-order valence-electron chi connectivity index (χ3n) is 4.07. The average Bonchev–Trinajstić information content (AvgIpc) is 2.71. The van der Waals surface area contributed by atoms with Gasteiger partial charge in [-0.25, -0.2) is 4.39 Å². The van der Waals surface area contributed by atoms with E-state index in [9.17, 15) is 14.4 Å². The van der Waals surface area contributed by atoms with Crippen LogP contribution in [0.25, 0.3) is 0 Å². The molecule has 0 aromatic heterocycles. The van der Waals surface area contributed by atoms with E-state index < -0.39 is 11.0 Å². The quantitative estimate of drug-likeness (QED) is 0.728. The van der Waals surface area contributed by atoms with E-state index in [1.165, 1.54) is 12.1 Å². The van der Waals surface area contributed by atoms with Crippen molar-refractivity contribution in [1.82, 2.24) is 0 Å². The maximum atomic E-state index is 13.3. The highest BCUT2D eigenvalue weighted by molar-refractivity contribution is 6.04. The molecule has 0 fully saturated rings. The Hall–Kier alpha value is -1.99. The van der Waals surface area contributed by atoms with Gasteiger partial charge in [0, 0.05) is 5.41 Å². The molecule has 1 atom stereocenters. The fourth-order valence-electron chi connectivity index (χ4n) is 3.18. The molecule has 0 N–H and O–H groups in total. The van der Waals surface area contributed by atoms with Crippen molar-refractivity contribution in [3.63, 3.8) is 0 Å². The number of nitrogens with zero attached hydrogens (tertiary/aromatic N) is 1. The van der Waals surface area contributed by atoms with Crippen molar-refractivity contribution in [2.45, 2.75) is 32.5 Å². The van der Waals surface area contributed by atoms with E-state index in [4.69, 9.17) is 4.74 Å². The smallest absolute Gasteiger partial charge is 0.178 e. The second-order valence-corrected chi connectivity index (χ2v) is 6.04. The Morgan fingerprint density at radius 3 is 2.85 bits per heavy atom. The van der Waals surface area contributed by atoms with Gasteiger partial charge in [0.2, 0.25) is 0 Å². The first-order valence-corrected chi connectivity index (χ1v) is 6.49.